The average Bonchev–Trinajstić information content (AvgIpc) is 3.07. The second-order valence-corrected chi connectivity index (χ2v) is 10.8. The second-order valence-electron chi connectivity index (χ2n) is 10.8. The van der Waals surface area contributed by atoms with Gasteiger partial charge in [0, 0.05) is 11.8 Å². The first-order chi connectivity index (χ1) is 20.8. The van der Waals surface area contributed by atoms with Gasteiger partial charge in [0.1, 0.15) is 0 Å². The molecular weight excluding hydrogens is 506 g/mol. The molecule has 0 unspecified atom stereocenters. The van der Waals surface area contributed by atoms with Gasteiger partial charge in [-0.15, -0.1) is 0 Å². The summed E-state index contributed by atoms with van der Waals surface area (Å²) < 4.78 is 0. The van der Waals surface area contributed by atoms with Gasteiger partial charge in [-0.05, 0) is 90.0 Å². The van der Waals surface area contributed by atoms with E-state index in [2.05, 4.69) is 145 Å². The van der Waals surface area contributed by atoms with E-state index in [-0.39, 0.29) is 0 Å². The van der Waals surface area contributed by atoms with Gasteiger partial charge in [0.2, 0.25) is 0 Å². The molecule has 0 atom stereocenters. The lowest BCUT2D eigenvalue weighted by Gasteiger charge is -2.18. The lowest BCUT2D eigenvalue weighted by Crippen LogP contribution is -1.91. The number of rotatable bonds is 4. The van der Waals surface area contributed by atoms with Gasteiger partial charge in [0.25, 0.3) is 0 Å². The molecular formula is C41H27N. The minimum Gasteiger partial charge on any atom is -0.256 e. The van der Waals surface area contributed by atoms with E-state index in [0.29, 0.717) is 0 Å². The van der Waals surface area contributed by atoms with Crippen LogP contribution in [0.5, 0.6) is 0 Å². The second kappa shape index (κ2) is 10.1. The highest BCUT2D eigenvalue weighted by Crippen LogP contribution is 2.44. The lowest BCUT2D eigenvalue weighted by atomic mass is 9.85. The number of benzene rings is 7. The van der Waals surface area contributed by atoms with Crippen LogP contribution in [0, 0.1) is 0 Å². The van der Waals surface area contributed by atoms with E-state index >= 15 is 0 Å². The molecule has 0 saturated heterocycles. The molecule has 0 saturated carbocycles. The number of pyridine rings is 1. The fourth-order valence-corrected chi connectivity index (χ4v) is 6.32. The molecule has 196 valence electrons. The topological polar surface area (TPSA) is 12.9 Å². The highest BCUT2D eigenvalue weighted by molar-refractivity contribution is 6.21. The third kappa shape index (κ3) is 4.15. The normalized spacial score (nSPS) is 11.3. The third-order valence-corrected chi connectivity index (χ3v) is 8.30. The van der Waals surface area contributed by atoms with Gasteiger partial charge in [0.15, 0.2) is 0 Å². The number of hydrogen-bond donors (Lipinski definition) is 0. The molecule has 42 heavy (non-hydrogen) atoms. The van der Waals surface area contributed by atoms with Crippen molar-refractivity contribution in [2.24, 2.45) is 0 Å². The molecule has 1 nitrogen and oxygen atoms in total. The fraction of sp³-hybridized carbons (Fsp3) is 0. The largest absolute Gasteiger partial charge is 0.256 e. The quantitative estimate of drug-likeness (QED) is 0.205. The van der Waals surface area contributed by atoms with Crippen molar-refractivity contribution in [1.29, 1.82) is 0 Å². The molecule has 0 radical (unpaired) electrons. The Balaban J connectivity index is 1.32. The van der Waals surface area contributed by atoms with Crippen molar-refractivity contribution >= 4 is 32.3 Å². The average molecular weight is 534 g/mol. The first-order valence-electron chi connectivity index (χ1n) is 14.4. The van der Waals surface area contributed by atoms with Crippen LogP contribution in [0.25, 0.3) is 77.0 Å². The molecule has 1 heteroatoms. The van der Waals surface area contributed by atoms with Gasteiger partial charge in [-0.2, -0.15) is 0 Å². The summed E-state index contributed by atoms with van der Waals surface area (Å²) in [6.07, 6.45) is 1.84. The Morgan fingerprint density at radius 3 is 1.48 bits per heavy atom. The van der Waals surface area contributed by atoms with Crippen molar-refractivity contribution in [3.8, 4) is 44.6 Å². The molecule has 0 amide bonds. The minimum absolute atomic E-state index is 0.988. The number of nitrogens with zero attached hydrogens (tertiary/aromatic N) is 1. The van der Waals surface area contributed by atoms with Crippen LogP contribution in [-0.4, -0.2) is 4.98 Å². The zero-order valence-electron chi connectivity index (χ0n) is 23.0. The maximum atomic E-state index is 4.51. The Bertz CT molecular complexity index is 2170. The molecule has 0 aliphatic heterocycles. The summed E-state index contributed by atoms with van der Waals surface area (Å²) in [6, 6.07) is 56.9. The van der Waals surface area contributed by atoms with E-state index in [4.69, 9.17) is 0 Å². The summed E-state index contributed by atoms with van der Waals surface area (Å²) in [5.74, 6) is 0. The molecule has 0 fully saturated rings. The van der Waals surface area contributed by atoms with Crippen molar-refractivity contribution in [1.82, 2.24) is 4.98 Å². The van der Waals surface area contributed by atoms with Crippen molar-refractivity contribution in [3.63, 3.8) is 0 Å². The molecule has 1 heterocycles. The predicted molar refractivity (Wildman–Crippen MR) is 178 cm³/mol. The molecule has 7 aromatic carbocycles. The van der Waals surface area contributed by atoms with Crippen LogP contribution in [0.2, 0.25) is 0 Å². The molecule has 0 spiro atoms. The fourth-order valence-electron chi connectivity index (χ4n) is 6.32. The summed E-state index contributed by atoms with van der Waals surface area (Å²) in [6.45, 7) is 0. The van der Waals surface area contributed by atoms with Crippen LogP contribution in [0.15, 0.2) is 164 Å². The van der Waals surface area contributed by atoms with Gasteiger partial charge in [-0.25, -0.2) is 0 Å². The van der Waals surface area contributed by atoms with Gasteiger partial charge in [0.05, 0.1) is 5.69 Å². The van der Waals surface area contributed by atoms with Crippen LogP contribution in [0.1, 0.15) is 0 Å². The smallest absolute Gasteiger partial charge is 0.0701 e. The van der Waals surface area contributed by atoms with E-state index in [1.165, 1.54) is 65.7 Å². The molecule has 8 aromatic rings. The summed E-state index contributed by atoms with van der Waals surface area (Å²) in [5.41, 5.74) is 9.53. The standard InChI is InChI=1S/C41H27N/c1-2-11-31-27-34(24-21-28(31)10-1)41-37-16-5-3-14-35(37)40(36-15-4-6-17-38(36)41)33-13-9-12-32(26-33)29-19-22-30(23-20-29)39-18-7-8-25-42-39/h1-27H. The Morgan fingerprint density at radius 1 is 0.310 bits per heavy atom. The van der Waals surface area contributed by atoms with Crippen molar-refractivity contribution < 1.29 is 0 Å². The first-order valence-corrected chi connectivity index (χ1v) is 14.4. The highest BCUT2D eigenvalue weighted by atomic mass is 14.7. The van der Waals surface area contributed by atoms with Crippen molar-refractivity contribution in [3.05, 3.63) is 164 Å². The molecule has 0 aliphatic rings. The first kappa shape index (κ1) is 24.3. The SMILES string of the molecule is c1ccc(-c2ccc(-c3cccc(-c4c5ccccc5c(-c5ccc6ccccc6c5)c5ccccc45)c3)cc2)nc1. The van der Waals surface area contributed by atoms with Gasteiger partial charge in [-0.3, -0.25) is 4.98 Å². The van der Waals surface area contributed by atoms with E-state index < -0.39 is 0 Å². The van der Waals surface area contributed by atoms with Crippen molar-refractivity contribution in [2.45, 2.75) is 0 Å². The van der Waals surface area contributed by atoms with Gasteiger partial charge >= 0.3 is 0 Å². The van der Waals surface area contributed by atoms with E-state index in [1.807, 2.05) is 24.4 Å². The number of hydrogen-bond acceptors (Lipinski definition) is 1. The number of fused-ring (bicyclic) bond motifs is 3. The Hall–Kier alpha value is -5.53. The van der Waals surface area contributed by atoms with E-state index in [1.54, 1.807) is 0 Å². The van der Waals surface area contributed by atoms with Crippen LogP contribution in [0.4, 0.5) is 0 Å². The van der Waals surface area contributed by atoms with Gasteiger partial charge < -0.3 is 0 Å². The minimum atomic E-state index is 0.988. The summed E-state index contributed by atoms with van der Waals surface area (Å²) >= 11 is 0. The predicted octanol–water partition coefficient (Wildman–Crippen LogP) is 11.2. The van der Waals surface area contributed by atoms with Gasteiger partial charge in [-0.1, -0.05) is 133 Å². The zero-order valence-corrected chi connectivity index (χ0v) is 23.0. The number of aromatic nitrogens is 1. The van der Waals surface area contributed by atoms with Crippen LogP contribution in [0.3, 0.4) is 0 Å². The maximum absolute atomic E-state index is 4.51. The molecule has 0 aliphatic carbocycles. The van der Waals surface area contributed by atoms with Crippen LogP contribution >= 0.6 is 0 Å². The molecule has 0 bridgehead atoms. The third-order valence-electron chi connectivity index (χ3n) is 8.30. The van der Waals surface area contributed by atoms with E-state index in [0.717, 1.165) is 11.3 Å². The monoisotopic (exact) mass is 533 g/mol. The van der Waals surface area contributed by atoms with Crippen LogP contribution in [-0.2, 0) is 0 Å². The molecule has 8 rings (SSSR count). The summed E-state index contributed by atoms with van der Waals surface area (Å²) in [4.78, 5) is 4.51. The lowest BCUT2D eigenvalue weighted by molar-refractivity contribution is 1.33. The molecule has 0 N–H and O–H groups in total. The van der Waals surface area contributed by atoms with Crippen molar-refractivity contribution in [2.75, 3.05) is 0 Å². The zero-order chi connectivity index (χ0) is 27.9. The Morgan fingerprint density at radius 2 is 0.833 bits per heavy atom. The Labute approximate surface area is 245 Å². The summed E-state index contributed by atoms with van der Waals surface area (Å²) in [5, 5.41) is 7.59. The highest BCUT2D eigenvalue weighted by Gasteiger charge is 2.17. The van der Waals surface area contributed by atoms with Crippen LogP contribution < -0.4 is 0 Å². The molecule has 1 aromatic heterocycles. The summed E-state index contributed by atoms with van der Waals surface area (Å²) in [7, 11) is 0. The Kier molecular flexibility index (Phi) is 5.86. The maximum Gasteiger partial charge on any atom is 0.0701 e. The van der Waals surface area contributed by atoms with E-state index in [9.17, 15) is 0 Å².